The standard InChI is InChI=1S/C28H34N6OS/c1-4-22-23(16-29)27(34-14-12-21(13-15-34)33(3)20-6-5-7-20)32-28(24(22)17-30)36-25(26(31)35)19-10-8-18(2)9-11-19/h8-11,20-21,25H,4-7,12-15H2,1-3H3,(H2,31,35). The summed E-state index contributed by atoms with van der Waals surface area (Å²) < 4.78 is 0. The summed E-state index contributed by atoms with van der Waals surface area (Å²) in [7, 11) is 2.24. The van der Waals surface area contributed by atoms with Gasteiger partial charge in [0.15, 0.2) is 0 Å². The van der Waals surface area contributed by atoms with Crippen molar-refractivity contribution < 1.29 is 4.79 Å². The summed E-state index contributed by atoms with van der Waals surface area (Å²) in [5, 5.41) is 19.9. The highest BCUT2D eigenvalue weighted by Gasteiger charge is 2.32. The fraction of sp³-hybridized carbons (Fsp3) is 0.500. The summed E-state index contributed by atoms with van der Waals surface area (Å²) in [6, 6.07) is 13.5. The van der Waals surface area contributed by atoms with Gasteiger partial charge in [-0.15, -0.1) is 0 Å². The van der Waals surface area contributed by atoms with E-state index in [2.05, 4.69) is 29.0 Å². The van der Waals surface area contributed by atoms with Gasteiger partial charge in [0.25, 0.3) is 0 Å². The number of anilines is 1. The molecular weight excluding hydrogens is 468 g/mol. The lowest BCUT2D eigenvalue weighted by Gasteiger charge is -2.44. The summed E-state index contributed by atoms with van der Waals surface area (Å²) >= 11 is 1.20. The van der Waals surface area contributed by atoms with Crippen LogP contribution >= 0.6 is 11.8 Å². The van der Waals surface area contributed by atoms with Crippen LogP contribution in [-0.4, -0.2) is 48.0 Å². The zero-order valence-corrected chi connectivity index (χ0v) is 22.1. The molecule has 1 aromatic carbocycles. The van der Waals surface area contributed by atoms with Crippen LogP contribution in [0.5, 0.6) is 0 Å². The first-order valence-corrected chi connectivity index (χ1v) is 13.6. The van der Waals surface area contributed by atoms with Gasteiger partial charge < -0.3 is 15.5 Å². The second kappa shape index (κ2) is 11.3. The number of thioether (sulfide) groups is 1. The number of amides is 1. The van der Waals surface area contributed by atoms with Crippen LogP contribution in [0.15, 0.2) is 29.3 Å². The first-order valence-electron chi connectivity index (χ1n) is 12.7. The molecule has 0 bridgehead atoms. The normalized spacial score (nSPS) is 17.3. The van der Waals surface area contributed by atoms with Crippen LogP contribution in [0.2, 0.25) is 0 Å². The fourth-order valence-electron chi connectivity index (χ4n) is 5.22. The molecule has 8 heteroatoms. The van der Waals surface area contributed by atoms with Crippen molar-refractivity contribution in [3.05, 3.63) is 52.1 Å². The molecule has 1 saturated heterocycles. The van der Waals surface area contributed by atoms with Crippen molar-refractivity contribution in [1.29, 1.82) is 10.5 Å². The lowest BCUT2D eigenvalue weighted by atomic mass is 9.89. The maximum atomic E-state index is 12.5. The number of nitriles is 2. The number of hydrogen-bond donors (Lipinski definition) is 1. The Labute approximate surface area is 218 Å². The van der Waals surface area contributed by atoms with Crippen LogP contribution in [0.25, 0.3) is 0 Å². The second-order valence-electron chi connectivity index (χ2n) is 9.83. The zero-order chi connectivity index (χ0) is 25.8. The van der Waals surface area contributed by atoms with Crippen LogP contribution in [0.1, 0.15) is 72.1 Å². The third-order valence-corrected chi connectivity index (χ3v) is 8.94. The number of primary amides is 1. The fourth-order valence-corrected chi connectivity index (χ4v) is 6.28. The third kappa shape index (κ3) is 5.21. The molecule has 1 aliphatic heterocycles. The van der Waals surface area contributed by atoms with Crippen molar-refractivity contribution in [3.63, 3.8) is 0 Å². The van der Waals surface area contributed by atoms with E-state index >= 15 is 0 Å². The van der Waals surface area contributed by atoms with E-state index in [1.54, 1.807) is 0 Å². The number of nitrogens with zero attached hydrogens (tertiary/aromatic N) is 5. The molecule has 1 atom stereocenters. The van der Waals surface area contributed by atoms with E-state index in [-0.39, 0.29) is 0 Å². The predicted molar refractivity (Wildman–Crippen MR) is 143 cm³/mol. The van der Waals surface area contributed by atoms with E-state index in [0.29, 0.717) is 46.0 Å². The number of benzene rings is 1. The maximum absolute atomic E-state index is 12.5. The summed E-state index contributed by atoms with van der Waals surface area (Å²) in [6.07, 6.45) is 6.45. The summed E-state index contributed by atoms with van der Waals surface area (Å²) in [6.45, 7) is 5.54. The number of rotatable bonds is 8. The number of hydrogen-bond acceptors (Lipinski definition) is 7. The largest absolute Gasteiger partial charge is 0.368 e. The molecule has 0 spiro atoms. The van der Waals surface area contributed by atoms with Gasteiger partial charge in [0.1, 0.15) is 28.2 Å². The lowest BCUT2D eigenvalue weighted by molar-refractivity contribution is -0.117. The van der Waals surface area contributed by atoms with Gasteiger partial charge in [-0.2, -0.15) is 10.5 Å². The second-order valence-corrected chi connectivity index (χ2v) is 10.9. The molecule has 2 heterocycles. The first kappa shape index (κ1) is 26.0. The molecule has 7 nitrogen and oxygen atoms in total. The van der Waals surface area contributed by atoms with Crippen molar-refractivity contribution in [1.82, 2.24) is 9.88 Å². The van der Waals surface area contributed by atoms with E-state index in [1.807, 2.05) is 38.1 Å². The van der Waals surface area contributed by atoms with Gasteiger partial charge >= 0.3 is 0 Å². The molecule has 2 aliphatic rings. The number of piperidine rings is 1. The maximum Gasteiger partial charge on any atom is 0.235 e. The zero-order valence-electron chi connectivity index (χ0n) is 21.3. The average Bonchev–Trinajstić information content (AvgIpc) is 2.85. The number of nitrogens with two attached hydrogens (primary N) is 1. The highest BCUT2D eigenvalue weighted by Crippen LogP contribution is 2.40. The minimum absolute atomic E-state index is 0.362. The Bertz CT molecular complexity index is 1190. The predicted octanol–water partition coefficient (Wildman–Crippen LogP) is 4.47. The highest BCUT2D eigenvalue weighted by molar-refractivity contribution is 8.00. The van der Waals surface area contributed by atoms with E-state index in [9.17, 15) is 15.3 Å². The molecule has 1 aromatic heterocycles. The van der Waals surface area contributed by atoms with Crippen molar-refractivity contribution in [2.75, 3.05) is 25.0 Å². The number of aromatic nitrogens is 1. The monoisotopic (exact) mass is 502 g/mol. The molecule has 188 valence electrons. The third-order valence-electron chi connectivity index (χ3n) is 7.68. The van der Waals surface area contributed by atoms with Gasteiger partial charge in [-0.25, -0.2) is 4.98 Å². The molecule has 1 saturated carbocycles. The van der Waals surface area contributed by atoms with Crippen LogP contribution in [0.4, 0.5) is 5.82 Å². The molecule has 1 amide bonds. The smallest absolute Gasteiger partial charge is 0.235 e. The Kier molecular flexibility index (Phi) is 8.18. The van der Waals surface area contributed by atoms with Crippen LogP contribution in [-0.2, 0) is 11.2 Å². The van der Waals surface area contributed by atoms with Crippen molar-refractivity contribution >= 4 is 23.5 Å². The van der Waals surface area contributed by atoms with Crippen molar-refractivity contribution in [2.24, 2.45) is 5.73 Å². The summed E-state index contributed by atoms with van der Waals surface area (Å²) in [5.74, 6) is 0.131. The molecule has 0 radical (unpaired) electrons. The molecule has 2 fully saturated rings. The van der Waals surface area contributed by atoms with Gasteiger partial charge in [0.2, 0.25) is 5.91 Å². The van der Waals surface area contributed by atoms with Gasteiger partial charge in [0, 0.05) is 25.2 Å². The minimum Gasteiger partial charge on any atom is -0.368 e. The molecule has 36 heavy (non-hydrogen) atoms. The van der Waals surface area contributed by atoms with Gasteiger partial charge in [-0.1, -0.05) is 54.9 Å². The van der Waals surface area contributed by atoms with E-state index in [0.717, 1.165) is 37.1 Å². The number of carbonyl (C=O) groups is 1. The number of aryl methyl sites for hydroxylation is 1. The first-order chi connectivity index (χ1) is 17.4. The topological polar surface area (TPSA) is 110 Å². The Morgan fingerprint density at radius 2 is 1.75 bits per heavy atom. The van der Waals surface area contributed by atoms with Gasteiger partial charge in [-0.05, 0) is 57.2 Å². The van der Waals surface area contributed by atoms with E-state index < -0.39 is 11.2 Å². The molecule has 2 N–H and O–H groups in total. The summed E-state index contributed by atoms with van der Waals surface area (Å²) in [5.41, 5.74) is 9.17. The van der Waals surface area contributed by atoms with Crippen LogP contribution < -0.4 is 10.6 Å². The van der Waals surface area contributed by atoms with E-state index in [1.165, 1.54) is 31.0 Å². The van der Waals surface area contributed by atoms with Crippen LogP contribution in [0, 0.1) is 29.6 Å². The number of pyridine rings is 1. The van der Waals surface area contributed by atoms with Gasteiger partial charge in [0.05, 0.1) is 11.1 Å². The number of carbonyl (C=O) groups excluding carboxylic acids is 1. The molecule has 4 rings (SSSR count). The molecule has 1 aliphatic carbocycles. The Morgan fingerprint density at radius 1 is 1.14 bits per heavy atom. The van der Waals surface area contributed by atoms with Gasteiger partial charge in [-0.3, -0.25) is 4.79 Å². The highest BCUT2D eigenvalue weighted by atomic mass is 32.2. The Hall–Kier alpha value is -3.07. The quantitative estimate of drug-likeness (QED) is 0.530. The molecular formula is C28H34N6OS. The average molecular weight is 503 g/mol. The molecule has 2 aromatic rings. The van der Waals surface area contributed by atoms with Crippen molar-refractivity contribution in [2.45, 2.75) is 74.7 Å². The lowest BCUT2D eigenvalue weighted by Crippen LogP contribution is -2.49. The Morgan fingerprint density at radius 3 is 2.25 bits per heavy atom. The summed E-state index contributed by atoms with van der Waals surface area (Å²) in [4.78, 5) is 22.0. The minimum atomic E-state index is -0.683. The van der Waals surface area contributed by atoms with E-state index in [4.69, 9.17) is 10.7 Å². The Balaban J connectivity index is 1.66. The SMILES string of the molecule is CCc1c(C#N)c(SC(C(N)=O)c2ccc(C)cc2)nc(N2CCC(N(C)C3CCC3)CC2)c1C#N. The van der Waals surface area contributed by atoms with Crippen LogP contribution in [0.3, 0.4) is 0 Å². The van der Waals surface area contributed by atoms with Crippen molar-refractivity contribution in [3.8, 4) is 12.1 Å². The molecule has 1 unspecified atom stereocenters.